The van der Waals surface area contributed by atoms with Gasteiger partial charge in [0.1, 0.15) is 0 Å². The first-order valence-corrected chi connectivity index (χ1v) is 11.8. The standard InChI is InChI=1S/C26H28N4O3/c31-24(32)19-8-6-17(7-9-19)13-30-14-20(15-30)23-28-25(29-33-23)26(10-11-26)16-27-22-12-21(22)18-4-2-1-3-5-18/h1-9,20-22,27H,10-16H2,(H,31,32). The highest BCUT2D eigenvalue weighted by molar-refractivity contribution is 5.87. The first kappa shape index (κ1) is 20.6. The van der Waals surface area contributed by atoms with Gasteiger partial charge in [0, 0.05) is 43.6 Å². The summed E-state index contributed by atoms with van der Waals surface area (Å²) in [4.78, 5) is 18.1. The van der Waals surface area contributed by atoms with Crippen molar-refractivity contribution in [3.8, 4) is 0 Å². The zero-order chi connectivity index (χ0) is 22.4. The van der Waals surface area contributed by atoms with Crippen molar-refractivity contribution < 1.29 is 14.4 Å². The van der Waals surface area contributed by atoms with Crippen LogP contribution in [0.4, 0.5) is 0 Å². The van der Waals surface area contributed by atoms with E-state index < -0.39 is 5.97 Å². The van der Waals surface area contributed by atoms with E-state index in [0.29, 0.717) is 17.5 Å². The number of hydrogen-bond acceptors (Lipinski definition) is 6. The maximum Gasteiger partial charge on any atom is 0.335 e. The third-order valence-corrected chi connectivity index (χ3v) is 7.40. The highest BCUT2D eigenvalue weighted by Gasteiger charge is 2.50. The molecule has 0 radical (unpaired) electrons. The van der Waals surface area contributed by atoms with Crippen molar-refractivity contribution in [2.45, 2.75) is 49.1 Å². The molecule has 0 amide bonds. The highest BCUT2D eigenvalue weighted by atomic mass is 16.5. The van der Waals surface area contributed by atoms with Gasteiger partial charge in [0.25, 0.3) is 0 Å². The van der Waals surface area contributed by atoms with Crippen LogP contribution in [0, 0.1) is 0 Å². The average molecular weight is 445 g/mol. The van der Waals surface area contributed by atoms with Gasteiger partial charge in [-0.1, -0.05) is 47.6 Å². The molecule has 7 heteroatoms. The van der Waals surface area contributed by atoms with E-state index in [1.54, 1.807) is 12.1 Å². The number of carbonyl (C=O) groups is 1. The van der Waals surface area contributed by atoms with E-state index in [1.165, 1.54) is 12.0 Å². The van der Waals surface area contributed by atoms with Gasteiger partial charge in [0.05, 0.1) is 11.5 Å². The van der Waals surface area contributed by atoms with Crippen molar-refractivity contribution in [2.24, 2.45) is 0 Å². The number of aromatic nitrogens is 2. The maximum absolute atomic E-state index is 11.0. The van der Waals surface area contributed by atoms with Crippen LogP contribution in [0.1, 0.15) is 64.3 Å². The summed E-state index contributed by atoms with van der Waals surface area (Å²) < 4.78 is 5.67. The van der Waals surface area contributed by atoms with Crippen molar-refractivity contribution in [1.29, 1.82) is 0 Å². The lowest BCUT2D eigenvalue weighted by Gasteiger charge is -2.37. The molecule has 2 heterocycles. The maximum atomic E-state index is 11.0. The molecule has 2 unspecified atom stereocenters. The van der Waals surface area contributed by atoms with E-state index in [0.717, 1.165) is 56.3 Å². The van der Waals surface area contributed by atoms with Crippen molar-refractivity contribution in [2.75, 3.05) is 19.6 Å². The fourth-order valence-electron chi connectivity index (χ4n) is 4.93. The van der Waals surface area contributed by atoms with E-state index in [1.807, 2.05) is 12.1 Å². The lowest BCUT2D eigenvalue weighted by Crippen LogP contribution is -2.44. The van der Waals surface area contributed by atoms with E-state index in [2.05, 4.69) is 45.7 Å². The third-order valence-electron chi connectivity index (χ3n) is 7.40. The fraction of sp³-hybridized carbons (Fsp3) is 0.423. The Balaban J connectivity index is 0.997. The second-order valence-electron chi connectivity index (χ2n) is 9.87. The molecule has 2 aromatic carbocycles. The van der Waals surface area contributed by atoms with Crippen LogP contribution in [-0.2, 0) is 12.0 Å². The minimum atomic E-state index is -0.894. The Morgan fingerprint density at radius 3 is 2.58 bits per heavy atom. The summed E-state index contributed by atoms with van der Waals surface area (Å²) in [5, 5.41) is 17.1. The third kappa shape index (κ3) is 4.18. The molecule has 7 nitrogen and oxygen atoms in total. The second kappa shape index (κ2) is 8.08. The molecular formula is C26H28N4O3. The molecule has 33 heavy (non-hydrogen) atoms. The molecule has 0 bridgehead atoms. The molecule has 3 aliphatic rings. The molecule has 2 saturated carbocycles. The molecule has 2 N–H and O–H groups in total. The summed E-state index contributed by atoms with van der Waals surface area (Å²) in [5.41, 5.74) is 2.90. The molecule has 2 atom stereocenters. The number of nitrogens with one attached hydrogen (secondary N) is 1. The van der Waals surface area contributed by atoms with Crippen molar-refractivity contribution in [3.05, 3.63) is 83.0 Å². The zero-order valence-electron chi connectivity index (χ0n) is 18.5. The number of hydrogen-bond donors (Lipinski definition) is 2. The Hall–Kier alpha value is -3.03. The van der Waals surface area contributed by atoms with Crippen LogP contribution in [0.2, 0.25) is 0 Å². The molecule has 3 aromatic rings. The summed E-state index contributed by atoms with van der Waals surface area (Å²) in [6, 6.07) is 18.4. The first-order valence-electron chi connectivity index (χ1n) is 11.8. The summed E-state index contributed by atoms with van der Waals surface area (Å²) >= 11 is 0. The Morgan fingerprint density at radius 2 is 1.88 bits per heavy atom. The highest BCUT2D eigenvalue weighted by Crippen LogP contribution is 2.48. The van der Waals surface area contributed by atoms with Gasteiger partial charge in [-0.3, -0.25) is 4.90 Å². The number of nitrogens with zero attached hydrogens (tertiary/aromatic N) is 3. The Labute approximate surface area is 192 Å². The zero-order valence-corrected chi connectivity index (χ0v) is 18.5. The van der Waals surface area contributed by atoms with Crippen molar-refractivity contribution in [1.82, 2.24) is 20.4 Å². The number of carboxylic acids is 1. The molecule has 2 aliphatic carbocycles. The predicted molar refractivity (Wildman–Crippen MR) is 122 cm³/mol. The second-order valence-corrected chi connectivity index (χ2v) is 9.87. The molecule has 1 aromatic heterocycles. The smallest absolute Gasteiger partial charge is 0.335 e. The normalized spacial score (nSPS) is 23.8. The van der Waals surface area contributed by atoms with Gasteiger partial charge in [-0.25, -0.2) is 4.79 Å². The quantitative estimate of drug-likeness (QED) is 0.522. The number of carboxylic acid groups (broad SMARTS) is 1. The Bertz CT molecular complexity index is 1130. The number of aromatic carboxylic acids is 1. The van der Waals surface area contributed by atoms with E-state index in [9.17, 15) is 4.79 Å². The molecule has 3 fully saturated rings. The first-order chi connectivity index (χ1) is 16.1. The molecule has 0 spiro atoms. The number of benzene rings is 2. The van der Waals surface area contributed by atoms with Gasteiger partial charge in [0.2, 0.25) is 5.89 Å². The summed E-state index contributed by atoms with van der Waals surface area (Å²) in [6.07, 6.45) is 3.43. The summed E-state index contributed by atoms with van der Waals surface area (Å²) in [5.74, 6) is 1.63. The van der Waals surface area contributed by atoms with Crippen LogP contribution < -0.4 is 5.32 Å². The van der Waals surface area contributed by atoms with E-state index >= 15 is 0 Å². The lowest BCUT2D eigenvalue weighted by atomic mass is 9.98. The number of rotatable bonds is 9. The van der Waals surface area contributed by atoms with Crippen LogP contribution in [0.5, 0.6) is 0 Å². The Kier molecular flexibility index (Phi) is 5.03. The fourth-order valence-corrected chi connectivity index (χ4v) is 4.93. The number of likely N-dealkylation sites (tertiary alicyclic amines) is 1. The van der Waals surface area contributed by atoms with Gasteiger partial charge < -0.3 is 14.9 Å². The van der Waals surface area contributed by atoms with Crippen molar-refractivity contribution in [3.63, 3.8) is 0 Å². The van der Waals surface area contributed by atoms with Gasteiger partial charge in [0.15, 0.2) is 5.82 Å². The van der Waals surface area contributed by atoms with Crippen LogP contribution in [-0.4, -0.2) is 51.8 Å². The molecule has 1 aliphatic heterocycles. The Morgan fingerprint density at radius 1 is 1.12 bits per heavy atom. The minimum Gasteiger partial charge on any atom is -0.478 e. The monoisotopic (exact) mass is 444 g/mol. The largest absolute Gasteiger partial charge is 0.478 e. The lowest BCUT2D eigenvalue weighted by molar-refractivity contribution is 0.0696. The van der Waals surface area contributed by atoms with E-state index in [4.69, 9.17) is 14.6 Å². The summed E-state index contributed by atoms with van der Waals surface area (Å²) in [6.45, 7) is 3.49. The summed E-state index contributed by atoms with van der Waals surface area (Å²) in [7, 11) is 0. The van der Waals surface area contributed by atoms with Gasteiger partial charge in [-0.15, -0.1) is 0 Å². The molecule has 1 saturated heterocycles. The van der Waals surface area contributed by atoms with Crippen LogP contribution in [0.25, 0.3) is 0 Å². The van der Waals surface area contributed by atoms with Gasteiger partial charge in [-0.2, -0.15) is 4.98 Å². The molecular weight excluding hydrogens is 416 g/mol. The predicted octanol–water partition coefficient (Wildman–Crippen LogP) is 3.54. The van der Waals surface area contributed by atoms with Gasteiger partial charge >= 0.3 is 5.97 Å². The molecule has 6 rings (SSSR count). The van der Waals surface area contributed by atoms with Crippen LogP contribution in [0.3, 0.4) is 0 Å². The topological polar surface area (TPSA) is 91.5 Å². The molecule has 170 valence electrons. The minimum absolute atomic E-state index is 0.0426. The van der Waals surface area contributed by atoms with Crippen molar-refractivity contribution >= 4 is 5.97 Å². The average Bonchev–Trinajstić information content (AvgIpc) is 3.72. The van der Waals surface area contributed by atoms with E-state index in [-0.39, 0.29) is 11.3 Å². The van der Waals surface area contributed by atoms with Crippen LogP contribution in [0.15, 0.2) is 59.1 Å². The van der Waals surface area contributed by atoms with Crippen LogP contribution >= 0.6 is 0 Å². The SMILES string of the molecule is O=C(O)c1ccc(CN2CC(c3nc(C4(CNC5CC5c5ccccc5)CC4)no3)C2)cc1. The van der Waals surface area contributed by atoms with Gasteiger partial charge in [-0.05, 0) is 42.5 Å².